The maximum absolute atomic E-state index is 11.9. The number of fused-ring (bicyclic) bond motifs is 1. The third kappa shape index (κ3) is 5.70. The molecule has 0 amide bonds. The molecule has 0 atom stereocenters. The van der Waals surface area contributed by atoms with Gasteiger partial charge in [-0.05, 0) is 25.5 Å². The lowest BCUT2D eigenvalue weighted by Crippen LogP contribution is -2.06. The van der Waals surface area contributed by atoms with E-state index in [4.69, 9.17) is 9.15 Å². The highest BCUT2D eigenvalue weighted by atomic mass is 16.6. The SMILES string of the molecule is CCCCCCCCCCOc1nc2ccc(C)cc2c(=O)o1. The van der Waals surface area contributed by atoms with Crippen LogP contribution in [0.15, 0.2) is 27.4 Å². The van der Waals surface area contributed by atoms with Gasteiger partial charge in [-0.15, -0.1) is 0 Å². The standard InChI is InChI=1S/C19H27NO3/c1-3-4-5-6-7-8-9-10-13-22-19-20-17-12-11-15(2)14-16(17)18(21)23-19/h11-12,14H,3-10,13H2,1-2H3. The Kier molecular flexibility index (Phi) is 7.11. The van der Waals surface area contributed by atoms with E-state index in [0.29, 0.717) is 17.5 Å². The first-order valence-electron chi connectivity index (χ1n) is 8.75. The van der Waals surface area contributed by atoms with Crippen LogP contribution in [-0.2, 0) is 0 Å². The third-order valence-electron chi connectivity index (χ3n) is 3.99. The zero-order valence-electron chi connectivity index (χ0n) is 14.3. The summed E-state index contributed by atoms with van der Waals surface area (Å²) in [6, 6.07) is 5.54. The van der Waals surface area contributed by atoms with Crippen LogP contribution in [-0.4, -0.2) is 11.6 Å². The van der Waals surface area contributed by atoms with Gasteiger partial charge in [-0.25, -0.2) is 4.79 Å². The molecule has 23 heavy (non-hydrogen) atoms. The summed E-state index contributed by atoms with van der Waals surface area (Å²) >= 11 is 0. The molecule has 4 nitrogen and oxygen atoms in total. The van der Waals surface area contributed by atoms with E-state index in [2.05, 4.69) is 11.9 Å². The van der Waals surface area contributed by atoms with E-state index in [1.54, 1.807) is 6.07 Å². The van der Waals surface area contributed by atoms with Crippen LogP contribution in [0, 0.1) is 6.92 Å². The van der Waals surface area contributed by atoms with Crippen LogP contribution in [0.2, 0.25) is 0 Å². The first-order valence-corrected chi connectivity index (χ1v) is 8.75. The molecule has 1 heterocycles. The molecular formula is C19H27NO3. The van der Waals surface area contributed by atoms with E-state index in [9.17, 15) is 4.79 Å². The lowest BCUT2D eigenvalue weighted by atomic mass is 10.1. The largest absolute Gasteiger partial charge is 0.450 e. The topological polar surface area (TPSA) is 52.3 Å². The molecule has 2 rings (SSSR count). The van der Waals surface area contributed by atoms with Gasteiger partial charge in [0.2, 0.25) is 0 Å². The Balaban J connectivity index is 1.73. The van der Waals surface area contributed by atoms with Crippen molar-refractivity contribution in [2.75, 3.05) is 6.61 Å². The summed E-state index contributed by atoms with van der Waals surface area (Å²) in [4.78, 5) is 16.2. The number of unbranched alkanes of at least 4 members (excludes halogenated alkanes) is 7. The van der Waals surface area contributed by atoms with Crippen molar-refractivity contribution in [3.8, 4) is 6.08 Å². The van der Waals surface area contributed by atoms with Crippen LogP contribution in [0.25, 0.3) is 10.9 Å². The van der Waals surface area contributed by atoms with Crippen LogP contribution >= 0.6 is 0 Å². The number of hydrogen-bond acceptors (Lipinski definition) is 4. The smallest absolute Gasteiger partial charge is 0.397 e. The minimum Gasteiger partial charge on any atom is -0.450 e. The lowest BCUT2D eigenvalue weighted by Gasteiger charge is -2.05. The summed E-state index contributed by atoms with van der Waals surface area (Å²) in [5, 5.41) is 0.504. The summed E-state index contributed by atoms with van der Waals surface area (Å²) in [6.07, 6.45) is 10.0. The molecule has 1 aromatic heterocycles. The van der Waals surface area contributed by atoms with Crippen molar-refractivity contribution in [2.45, 2.75) is 65.2 Å². The molecule has 1 aromatic carbocycles. The average molecular weight is 317 g/mol. The van der Waals surface area contributed by atoms with Crippen LogP contribution in [0.3, 0.4) is 0 Å². The molecule has 0 aliphatic heterocycles. The molecule has 0 aliphatic carbocycles. The van der Waals surface area contributed by atoms with Crippen molar-refractivity contribution in [1.29, 1.82) is 0 Å². The average Bonchev–Trinajstić information content (AvgIpc) is 2.54. The Morgan fingerprint density at radius 3 is 2.48 bits per heavy atom. The molecule has 126 valence electrons. The van der Waals surface area contributed by atoms with Crippen LogP contribution in [0.1, 0.15) is 63.9 Å². The Morgan fingerprint density at radius 2 is 1.74 bits per heavy atom. The van der Waals surface area contributed by atoms with Crippen molar-refractivity contribution in [3.63, 3.8) is 0 Å². The number of aromatic nitrogens is 1. The maximum Gasteiger partial charge on any atom is 0.397 e. The number of nitrogens with zero attached hydrogens (tertiary/aromatic N) is 1. The van der Waals surface area contributed by atoms with Gasteiger partial charge < -0.3 is 9.15 Å². The van der Waals surface area contributed by atoms with Gasteiger partial charge in [0.25, 0.3) is 0 Å². The number of benzene rings is 1. The Hall–Kier alpha value is -1.84. The van der Waals surface area contributed by atoms with Crippen molar-refractivity contribution >= 4 is 10.9 Å². The molecule has 0 saturated heterocycles. The molecule has 0 aliphatic rings. The molecule has 0 N–H and O–H groups in total. The predicted octanol–water partition coefficient (Wildman–Crippen LogP) is 5.02. The molecule has 0 saturated carbocycles. The van der Waals surface area contributed by atoms with Crippen LogP contribution in [0.4, 0.5) is 0 Å². The third-order valence-corrected chi connectivity index (χ3v) is 3.99. The monoisotopic (exact) mass is 317 g/mol. The summed E-state index contributed by atoms with van der Waals surface area (Å²) in [7, 11) is 0. The second kappa shape index (κ2) is 9.33. The summed E-state index contributed by atoms with van der Waals surface area (Å²) in [5.74, 6) is 0. The van der Waals surface area contributed by atoms with E-state index in [1.807, 2.05) is 19.1 Å². The second-order valence-electron chi connectivity index (χ2n) is 6.11. The highest BCUT2D eigenvalue weighted by Crippen LogP contribution is 2.14. The zero-order chi connectivity index (χ0) is 16.5. The van der Waals surface area contributed by atoms with Crippen molar-refractivity contribution in [3.05, 3.63) is 34.2 Å². The van der Waals surface area contributed by atoms with Gasteiger partial charge in [-0.2, -0.15) is 4.98 Å². The first-order chi connectivity index (χ1) is 11.2. The molecule has 2 aromatic rings. The van der Waals surface area contributed by atoms with E-state index in [0.717, 1.165) is 18.4 Å². The van der Waals surface area contributed by atoms with Gasteiger partial charge in [-0.1, -0.05) is 63.5 Å². The van der Waals surface area contributed by atoms with E-state index in [-0.39, 0.29) is 11.7 Å². The summed E-state index contributed by atoms with van der Waals surface area (Å²) in [5.41, 5.74) is 1.25. The quantitative estimate of drug-likeness (QED) is 0.578. The van der Waals surface area contributed by atoms with Crippen LogP contribution in [0.5, 0.6) is 6.08 Å². The number of aryl methyl sites for hydroxylation is 1. The fourth-order valence-electron chi connectivity index (χ4n) is 2.62. The second-order valence-corrected chi connectivity index (χ2v) is 6.11. The minimum absolute atomic E-state index is 0.0781. The predicted molar refractivity (Wildman–Crippen MR) is 93.1 cm³/mol. The lowest BCUT2D eigenvalue weighted by molar-refractivity contribution is 0.211. The molecule has 0 bridgehead atoms. The Bertz CT molecular complexity index is 663. The van der Waals surface area contributed by atoms with Gasteiger partial charge >= 0.3 is 11.7 Å². The Labute approximate surface area is 137 Å². The molecule has 0 spiro atoms. The van der Waals surface area contributed by atoms with Gasteiger partial charge in [-0.3, -0.25) is 0 Å². The van der Waals surface area contributed by atoms with Gasteiger partial charge in [0.15, 0.2) is 0 Å². The van der Waals surface area contributed by atoms with Gasteiger partial charge in [0.05, 0.1) is 17.5 Å². The minimum atomic E-state index is -0.385. The van der Waals surface area contributed by atoms with E-state index < -0.39 is 0 Å². The molecule has 0 unspecified atom stereocenters. The highest BCUT2D eigenvalue weighted by Gasteiger charge is 2.07. The number of ether oxygens (including phenoxy) is 1. The van der Waals surface area contributed by atoms with E-state index >= 15 is 0 Å². The Morgan fingerprint density at radius 1 is 1.04 bits per heavy atom. The molecule has 0 radical (unpaired) electrons. The number of hydrogen-bond donors (Lipinski definition) is 0. The zero-order valence-corrected chi connectivity index (χ0v) is 14.3. The van der Waals surface area contributed by atoms with Crippen LogP contribution < -0.4 is 10.4 Å². The fourth-order valence-corrected chi connectivity index (χ4v) is 2.62. The summed E-state index contributed by atoms with van der Waals surface area (Å²) in [6.45, 7) is 4.71. The molecular weight excluding hydrogens is 290 g/mol. The highest BCUT2D eigenvalue weighted by molar-refractivity contribution is 5.77. The normalized spacial score (nSPS) is 11.0. The number of rotatable bonds is 10. The van der Waals surface area contributed by atoms with E-state index in [1.165, 1.54) is 38.5 Å². The summed E-state index contributed by atoms with van der Waals surface area (Å²) < 4.78 is 10.6. The maximum atomic E-state index is 11.9. The van der Waals surface area contributed by atoms with Crippen molar-refractivity contribution in [1.82, 2.24) is 4.98 Å². The van der Waals surface area contributed by atoms with Crippen molar-refractivity contribution in [2.24, 2.45) is 0 Å². The fraction of sp³-hybridized carbons (Fsp3) is 0.579. The molecule has 0 fully saturated rings. The van der Waals surface area contributed by atoms with Crippen molar-refractivity contribution < 1.29 is 9.15 Å². The molecule has 4 heteroatoms. The van der Waals surface area contributed by atoms with Gasteiger partial charge in [0.1, 0.15) is 0 Å². The van der Waals surface area contributed by atoms with Gasteiger partial charge in [0, 0.05) is 0 Å². The first kappa shape index (κ1) is 17.5.